The highest BCUT2D eigenvalue weighted by Crippen LogP contribution is 2.43. The van der Waals surface area contributed by atoms with E-state index in [4.69, 9.17) is 13.9 Å². The first kappa shape index (κ1) is 18.8. The Kier molecular flexibility index (Phi) is 4.40. The van der Waals surface area contributed by atoms with Crippen molar-refractivity contribution in [1.82, 2.24) is 4.98 Å². The summed E-state index contributed by atoms with van der Waals surface area (Å²) in [5.41, 5.74) is 2.68. The summed E-state index contributed by atoms with van der Waals surface area (Å²) in [6.07, 6.45) is 0. The Morgan fingerprint density at radius 1 is 0.839 bits per heavy atom. The molecule has 0 saturated heterocycles. The molecule has 31 heavy (non-hydrogen) atoms. The van der Waals surface area contributed by atoms with Crippen LogP contribution in [-0.2, 0) is 0 Å². The number of rotatable bonds is 4. The summed E-state index contributed by atoms with van der Waals surface area (Å²) < 4.78 is 16.2. The maximum Gasteiger partial charge on any atom is 0.348 e. The molecule has 5 rings (SSSR count). The van der Waals surface area contributed by atoms with E-state index in [1.165, 1.54) is 0 Å². The smallest absolute Gasteiger partial charge is 0.348 e. The minimum absolute atomic E-state index is 0.101. The molecular weight excluding hydrogens is 394 g/mol. The van der Waals surface area contributed by atoms with E-state index in [9.17, 15) is 9.90 Å². The van der Waals surface area contributed by atoms with Crippen LogP contribution in [0.3, 0.4) is 0 Å². The van der Waals surface area contributed by atoms with Crippen molar-refractivity contribution < 1.29 is 19.0 Å². The lowest BCUT2D eigenvalue weighted by molar-refractivity contribution is 0.415. The monoisotopic (exact) mass is 413 g/mol. The van der Waals surface area contributed by atoms with E-state index in [0.717, 1.165) is 22.2 Å². The maximum atomic E-state index is 13.0. The Hall–Kier alpha value is -4.19. The van der Waals surface area contributed by atoms with E-state index in [-0.39, 0.29) is 11.3 Å². The summed E-state index contributed by atoms with van der Waals surface area (Å²) in [6.45, 7) is 0. The summed E-state index contributed by atoms with van der Waals surface area (Å²) in [6, 6.07) is 19.9. The second-order valence-electron chi connectivity index (χ2n) is 7.12. The number of benzene rings is 3. The third-order valence-electron chi connectivity index (χ3n) is 5.42. The van der Waals surface area contributed by atoms with Gasteiger partial charge in [0.15, 0.2) is 0 Å². The van der Waals surface area contributed by atoms with Gasteiger partial charge in [0.05, 0.1) is 25.3 Å². The molecule has 0 aliphatic heterocycles. The van der Waals surface area contributed by atoms with Gasteiger partial charge in [0, 0.05) is 16.5 Å². The van der Waals surface area contributed by atoms with Gasteiger partial charge in [0.1, 0.15) is 28.4 Å². The third kappa shape index (κ3) is 3.00. The normalized spacial score (nSPS) is 11.2. The maximum absolute atomic E-state index is 13.0. The van der Waals surface area contributed by atoms with Gasteiger partial charge in [-0.1, -0.05) is 12.1 Å². The van der Waals surface area contributed by atoms with Gasteiger partial charge in [0.2, 0.25) is 0 Å². The number of ether oxygens (including phenoxy) is 2. The minimum Gasteiger partial charge on any atom is -0.506 e. The average Bonchev–Trinajstić information content (AvgIpc) is 3.17. The van der Waals surface area contributed by atoms with Gasteiger partial charge < -0.3 is 24.0 Å². The van der Waals surface area contributed by atoms with Crippen molar-refractivity contribution >= 4 is 21.9 Å². The fourth-order valence-electron chi connectivity index (χ4n) is 3.89. The fraction of sp³-hybridized carbons (Fsp3) is 0.0800. The highest BCUT2D eigenvalue weighted by Gasteiger charge is 2.24. The van der Waals surface area contributed by atoms with Crippen LogP contribution in [0.15, 0.2) is 75.9 Å². The van der Waals surface area contributed by atoms with E-state index in [1.807, 2.05) is 42.5 Å². The topological polar surface area (TPSA) is 84.7 Å². The van der Waals surface area contributed by atoms with Crippen molar-refractivity contribution in [2.45, 2.75) is 0 Å². The molecule has 6 heteroatoms. The summed E-state index contributed by atoms with van der Waals surface area (Å²) in [5.74, 6) is 1.24. The fourth-order valence-corrected chi connectivity index (χ4v) is 3.89. The Labute approximate surface area is 177 Å². The summed E-state index contributed by atoms with van der Waals surface area (Å²) in [7, 11) is 3.19. The van der Waals surface area contributed by atoms with Gasteiger partial charge in [-0.15, -0.1) is 0 Å². The van der Waals surface area contributed by atoms with Gasteiger partial charge in [-0.05, 0) is 60.2 Å². The van der Waals surface area contributed by atoms with Gasteiger partial charge in [-0.3, -0.25) is 0 Å². The van der Waals surface area contributed by atoms with Crippen molar-refractivity contribution in [3.8, 4) is 39.6 Å². The quantitative estimate of drug-likeness (QED) is 0.389. The van der Waals surface area contributed by atoms with Gasteiger partial charge in [0.25, 0.3) is 0 Å². The van der Waals surface area contributed by atoms with Crippen LogP contribution in [0.2, 0.25) is 0 Å². The molecule has 0 atom stereocenters. The number of hydrogen-bond donors (Lipinski definition) is 2. The molecule has 0 spiro atoms. The first-order chi connectivity index (χ1) is 15.1. The lowest BCUT2D eigenvalue weighted by atomic mass is 9.97. The van der Waals surface area contributed by atoms with Crippen LogP contribution in [0.4, 0.5) is 0 Å². The number of H-pyrrole nitrogens is 1. The van der Waals surface area contributed by atoms with Crippen LogP contribution in [0.25, 0.3) is 44.3 Å². The Balaban J connectivity index is 1.89. The number of hydrogen-bond acceptors (Lipinski definition) is 5. The Bertz CT molecular complexity index is 1480. The minimum atomic E-state index is -0.616. The van der Waals surface area contributed by atoms with Crippen LogP contribution in [0, 0.1) is 0 Å². The number of fused-ring (bicyclic) bond motifs is 2. The number of aromatic amines is 1. The largest absolute Gasteiger partial charge is 0.506 e. The lowest BCUT2D eigenvalue weighted by Gasteiger charge is -2.09. The van der Waals surface area contributed by atoms with E-state index in [0.29, 0.717) is 28.0 Å². The predicted octanol–water partition coefficient (Wildman–Crippen LogP) is 5.33. The van der Waals surface area contributed by atoms with Gasteiger partial charge >= 0.3 is 5.63 Å². The number of para-hydroxylation sites is 1. The number of nitrogens with one attached hydrogen (secondary N) is 1. The summed E-state index contributed by atoms with van der Waals surface area (Å²) >= 11 is 0. The molecule has 5 aromatic rings. The standard InChI is InChI=1S/C25H19NO5/c1-29-15-9-7-14(8-10-15)23-21(18-13-16(30-2)11-12-19(18)26-23)22-24(27)17-5-3-4-6-20(17)31-25(22)28/h3-13,26-27H,1-2H3. The molecule has 0 radical (unpaired) electrons. The SMILES string of the molecule is COc1ccc(-c2[nH]c3ccc(OC)cc3c2-c2c(O)c3ccccc3oc2=O)cc1. The van der Waals surface area contributed by atoms with Gasteiger partial charge in [-0.25, -0.2) is 4.79 Å². The highest BCUT2D eigenvalue weighted by molar-refractivity contribution is 6.07. The zero-order valence-corrected chi connectivity index (χ0v) is 16.9. The van der Waals surface area contributed by atoms with E-state index in [1.54, 1.807) is 38.5 Å². The first-order valence-corrected chi connectivity index (χ1v) is 9.70. The Morgan fingerprint density at radius 2 is 1.55 bits per heavy atom. The molecule has 0 fully saturated rings. The molecule has 2 N–H and O–H groups in total. The molecule has 0 aliphatic carbocycles. The molecule has 0 bridgehead atoms. The number of methoxy groups -OCH3 is 2. The molecule has 0 unspecified atom stereocenters. The number of aromatic nitrogens is 1. The molecule has 2 heterocycles. The van der Waals surface area contributed by atoms with Crippen LogP contribution < -0.4 is 15.1 Å². The van der Waals surface area contributed by atoms with Crippen molar-refractivity contribution in [2.24, 2.45) is 0 Å². The van der Waals surface area contributed by atoms with Crippen molar-refractivity contribution in [1.29, 1.82) is 0 Å². The molecule has 0 saturated carbocycles. The van der Waals surface area contributed by atoms with Crippen molar-refractivity contribution in [3.05, 3.63) is 77.2 Å². The van der Waals surface area contributed by atoms with Crippen LogP contribution in [0.1, 0.15) is 0 Å². The van der Waals surface area contributed by atoms with Crippen LogP contribution in [0.5, 0.6) is 17.2 Å². The zero-order chi connectivity index (χ0) is 21.5. The molecule has 6 nitrogen and oxygen atoms in total. The molecule has 154 valence electrons. The molecule has 2 aromatic heterocycles. The van der Waals surface area contributed by atoms with Crippen LogP contribution >= 0.6 is 0 Å². The molecule has 3 aromatic carbocycles. The summed E-state index contributed by atoms with van der Waals surface area (Å²) in [5, 5.41) is 12.3. The molecule has 0 aliphatic rings. The first-order valence-electron chi connectivity index (χ1n) is 9.70. The predicted molar refractivity (Wildman–Crippen MR) is 120 cm³/mol. The second-order valence-corrected chi connectivity index (χ2v) is 7.12. The van der Waals surface area contributed by atoms with E-state index >= 15 is 0 Å². The molecular formula is C25H19NO5. The Morgan fingerprint density at radius 3 is 2.29 bits per heavy atom. The second kappa shape index (κ2) is 7.25. The van der Waals surface area contributed by atoms with Crippen LogP contribution in [-0.4, -0.2) is 24.3 Å². The summed E-state index contributed by atoms with van der Waals surface area (Å²) in [4.78, 5) is 16.4. The van der Waals surface area contributed by atoms with E-state index < -0.39 is 5.63 Å². The lowest BCUT2D eigenvalue weighted by Crippen LogP contribution is -2.04. The average molecular weight is 413 g/mol. The van der Waals surface area contributed by atoms with Crippen molar-refractivity contribution in [3.63, 3.8) is 0 Å². The van der Waals surface area contributed by atoms with Gasteiger partial charge in [-0.2, -0.15) is 0 Å². The zero-order valence-electron chi connectivity index (χ0n) is 16.9. The highest BCUT2D eigenvalue weighted by atomic mass is 16.5. The molecule has 0 amide bonds. The van der Waals surface area contributed by atoms with E-state index in [2.05, 4.69) is 4.98 Å². The van der Waals surface area contributed by atoms with Crippen molar-refractivity contribution in [2.75, 3.05) is 14.2 Å². The third-order valence-corrected chi connectivity index (χ3v) is 5.42. The number of aromatic hydroxyl groups is 1.